The predicted octanol–water partition coefficient (Wildman–Crippen LogP) is 2.94. The molecule has 1 amide bonds. The van der Waals surface area contributed by atoms with Gasteiger partial charge in [-0.3, -0.25) is 9.59 Å². The zero-order valence-corrected chi connectivity index (χ0v) is 13.9. The van der Waals surface area contributed by atoms with E-state index in [-0.39, 0.29) is 18.1 Å². The first-order chi connectivity index (χ1) is 11.0. The second kappa shape index (κ2) is 7.38. The smallest absolute Gasteiger partial charge is 0.227 e. The molecule has 4 nitrogen and oxygen atoms in total. The Bertz CT molecular complexity index is 622. The van der Waals surface area contributed by atoms with E-state index in [9.17, 15) is 9.59 Å². The van der Waals surface area contributed by atoms with Crippen LogP contribution in [0.3, 0.4) is 0 Å². The third-order valence-electron chi connectivity index (χ3n) is 3.87. The van der Waals surface area contributed by atoms with Crippen LogP contribution in [0.1, 0.15) is 32.8 Å². The lowest BCUT2D eigenvalue weighted by molar-refractivity contribution is -0.128. The number of carbonyl (C=O) groups is 2. The molecule has 0 atom stereocenters. The molecule has 0 radical (unpaired) electrons. The molecule has 23 heavy (non-hydrogen) atoms. The normalized spacial score (nSPS) is 16.6. The number of hydrogen-bond acceptors (Lipinski definition) is 3. The Labute approximate surface area is 137 Å². The number of nitrogens with one attached hydrogen (secondary N) is 1. The Hall–Kier alpha value is -2.20. The molecular weight excluding hydrogens is 290 g/mol. The first-order valence-corrected chi connectivity index (χ1v) is 7.88. The molecule has 1 aromatic carbocycles. The number of ketones is 1. The van der Waals surface area contributed by atoms with Gasteiger partial charge in [-0.25, -0.2) is 0 Å². The van der Waals surface area contributed by atoms with E-state index < -0.39 is 5.72 Å². The van der Waals surface area contributed by atoms with Gasteiger partial charge in [-0.05, 0) is 49.1 Å². The van der Waals surface area contributed by atoms with E-state index in [0.29, 0.717) is 17.8 Å². The Morgan fingerprint density at radius 1 is 1.13 bits per heavy atom. The number of allylic oxidation sites excluding steroid dienone is 2. The summed E-state index contributed by atoms with van der Waals surface area (Å²) in [5.74, 6) is -0.213. The van der Waals surface area contributed by atoms with Crippen LogP contribution in [0.4, 0.5) is 0 Å². The predicted molar refractivity (Wildman–Crippen MR) is 89.8 cm³/mol. The summed E-state index contributed by atoms with van der Waals surface area (Å²) in [6.45, 7) is 6.13. The minimum atomic E-state index is -1.02. The molecule has 4 heteroatoms. The molecule has 1 aromatic rings. The maximum atomic E-state index is 12.5. The van der Waals surface area contributed by atoms with Crippen molar-refractivity contribution in [1.82, 2.24) is 5.32 Å². The lowest BCUT2D eigenvalue weighted by Crippen LogP contribution is -2.54. The Morgan fingerprint density at radius 2 is 1.74 bits per heavy atom. The van der Waals surface area contributed by atoms with Gasteiger partial charge in [0.2, 0.25) is 5.91 Å². The molecule has 0 unspecified atom stereocenters. The molecule has 2 rings (SSSR count). The maximum absolute atomic E-state index is 12.5. The molecule has 122 valence electrons. The van der Waals surface area contributed by atoms with Gasteiger partial charge in [0.25, 0.3) is 0 Å². The summed E-state index contributed by atoms with van der Waals surface area (Å²) in [6.07, 6.45) is 4.13. The number of rotatable bonds is 6. The van der Waals surface area contributed by atoms with E-state index in [4.69, 9.17) is 4.74 Å². The maximum Gasteiger partial charge on any atom is 0.227 e. The van der Waals surface area contributed by atoms with Crippen molar-refractivity contribution in [3.63, 3.8) is 0 Å². The van der Waals surface area contributed by atoms with E-state index in [1.807, 2.05) is 51.1 Å². The molecular formula is C19H23NO3. The summed E-state index contributed by atoms with van der Waals surface area (Å²) < 4.78 is 5.98. The molecule has 1 aliphatic rings. The van der Waals surface area contributed by atoms with E-state index in [1.54, 1.807) is 0 Å². The second-order valence-electron chi connectivity index (χ2n) is 5.80. The first kappa shape index (κ1) is 17.2. The van der Waals surface area contributed by atoms with Crippen LogP contribution >= 0.6 is 0 Å². The van der Waals surface area contributed by atoms with Crippen molar-refractivity contribution in [1.29, 1.82) is 0 Å². The van der Waals surface area contributed by atoms with Crippen molar-refractivity contribution in [3.8, 4) is 0 Å². The van der Waals surface area contributed by atoms with Gasteiger partial charge in [-0.1, -0.05) is 37.3 Å². The van der Waals surface area contributed by atoms with Crippen LogP contribution < -0.4 is 5.32 Å². The monoisotopic (exact) mass is 313 g/mol. The molecule has 0 heterocycles. The summed E-state index contributed by atoms with van der Waals surface area (Å²) in [6, 6.07) is 9.55. The van der Waals surface area contributed by atoms with Crippen LogP contribution in [-0.4, -0.2) is 24.0 Å². The van der Waals surface area contributed by atoms with Crippen LogP contribution in [-0.2, 0) is 20.7 Å². The zero-order chi connectivity index (χ0) is 16.9. The largest absolute Gasteiger partial charge is 0.348 e. The van der Waals surface area contributed by atoms with Gasteiger partial charge in [0, 0.05) is 6.61 Å². The van der Waals surface area contributed by atoms with Gasteiger partial charge in [0.05, 0.1) is 6.42 Å². The van der Waals surface area contributed by atoms with Crippen molar-refractivity contribution in [2.45, 2.75) is 39.3 Å². The van der Waals surface area contributed by atoms with Crippen molar-refractivity contribution in [2.75, 3.05) is 6.61 Å². The minimum Gasteiger partial charge on any atom is -0.348 e. The van der Waals surface area contributed by atoms with Crippen LogP contribution in [0.2, 0.25) is 0 Å². The quantitative estimate of drug-likeness (QED) is 0.822. The molecule has 0 saturated heterocycles. The van der Waals surface area contributed by atoms with Gasteiger partial charge in [-0.15, -0.1) is 0 Å². The molecule has 1 N–H and O–H groups in total. The molecule has 0 aliphatic heterocycles. The lowest BCUT2D eigenvalue weighted by atomic mass is 9.89. The van der Waals surface area contributed by atoms with Crippen LogP contribution in [0, 0.1) is 0 Å². The van der Waals surface area contributed by atoms with Crippen LogP contribution in [0.15, 0.2) is 53.6 Å². The van der Waals surface area contributed by atoms with Crippen molar-refractivity contribution in [3.05, 3.63) is 59.2 Å². The summed E-state index contributed by atoms with van der Waals surface area (Å²) in [4.78, 5) is 24.2. The summed E-state index contributed by atoms with van der Waals surface area (Å²) in [7, 11) is 0. The lowest BCUT2D eigenvalue weighted by Gasteiger charge is -2.38. The topological polar surface area (TPSA) is 55.4 Å². The summed E-state index contributed by atoms with van der Waals surface area (Å²) >= 11 is 0. The molecule has 0 fully saturated rings. The number of carbonyl (C=O) groups excluding carboxylic acids is 2. The second-order valence-corrected chi connectivity index (χ2v) is 5.80. The summed E-state index contributed by atoms with van der Waals surface area (Å²) in [5, 5.41) is 2.99. The summed E-state index contributed by atoms with van der Waals surface area (Å²) in [5.41, 5.74) is 1.33. The van der Waals surface area contributed by atoms with E-state index >= 15 is 0 Å². The average Bonchev–Trinajstić information content (AvgIpc) is 2.50. The van der Waals surface area contributed by atoms with Crippen LogP contribution in [0.5, 0.6) is 0 Å². The highest BCUT2D eigenvalue weighted by Gasteiger charge is 2.39. The molecule has 1 aliphatic carbocycles. The van der Waals surface area contributed by atoms with Gasteiger partial charge >= 0.3 is 0 Å². The first-order valence-electron chi connectivity index (χ1n) is 7.88. The SMILES string of the molecule is CCCOC1(NC(=O)Cc2ccccc2)C(C)=CC(=O)C=C1C. The third-order valence-corrected chi connectivity index (χ3v) is 3.87. The van der Waals surface area contributed by atoms with Gasteiger partial charge in [-0.2, -0.15) is 0 Å². The number of amides is 1. The zero-order valence-electron chi connectivity index (χ0n) is 13.9. The number of hydrogen-bond donors (Lipinski definition) is 1. The third kappa shape index (κ3) is 3.96. The minimum absolute atomic E-state index is 0.0759. The van der Waals surface area contributed by atoms with Crippen molar-refractivity contribution < 1.29 is 14.3 Å². The Morgan fingerprint density at radius 3 is 2.30 bits per heavy atom. The van der Waals surface area contributed by atoms with E-state index in [0.717, 1.165) is 12.0 Å². The highest BCUT2D eigenvalue weighted by Crippen LogP contribution is 2.31. The molecule has 0 saturated carbocycles. The highest BCUT2D eigenvalue weighted by molar-refractivity contribution is 6.02. The number of ether oxygens (including phenoxy) is 1. The van der Waals surface area contributed by atoms with Gasteiger partial charge in [0.15, 0.2) is 11.5 Å². The van der Waals surface area contributed by atoms with Gasteiger partial charge < -0.3 is 10.1 Å². The fourth-order valence-corrected chi connectivity index (χ4v) is 2.72. The van der Waals surface area contributed by atoms with Crippen LogP contribution in [0.25, 0.3) is 0 Å². The van der Waals surface area contributed by atoms with E-state index in [1.165, 1.54) is 12.2 Å². The highest BCUT2D eigenvalue weighted by atomic mass is 16.5. The van der Waals surface area contributed by atoms with E-state index in [2.05, 4.69) is 5.32 Å². The average molecular weight is 313 g/mol. The molecule has 0 bridgehead atoms. The molecule has 0 aromatic heterocycles. The van der Waals surface area contributed by atoms with Crippen molar-refractivity contribution >= 4 is 11.7 Å². The number of benzene rings is 1. The fourth-order valence-electron chi connectivity index (χ4n) is 2.72. The Kier molecular flexibility index (Phi) is 5.50. The standard InChI is InChI=1S/C19H23NO3/c1-4-10-23-19(14(2)11-17(21)12-15(19)3)20-18(22)13-16-8-6-5-7-9-16/h5-9,11-12H,4,10,13H2,1-3H3,(H,20,22). The van der Waals surface area contributed by atoms with Gasteiger partial charge in [0.1, 0.15) is 0 Å². The fraction of sp³-hybridized carbons (Fsp3) is 0.368. The van der Waals surface area contributed by atoms with Crippen molar-refractivity contribution in [2.24, 2.45) is 0 Å². The Balaban J connectivity index is 2.22. The molecule has 0 spiro atoms.